The Morgan fingerprint density at radius 1 is 0.778 bits per heavy atom. The Morgan fingerprint density at radius 3 is 1.87 bits per heavy atom. The van der Waals surface area contributed by atoms with Gasteiger partial charge in [0.15, 0.2) is 0 Å². The molecule has 2 aromatic carbocycles. The van der Waals surface area contributed by atoms with Crippen molar-refractivity contribution < 1.29 is 14.0 Å². The maximum atomic E-state index is 14.1. The lowest BCUT2D eigenvalue weighted by Gasteiger charge is -2.18. The van der Waals surface area contributed by atoms with Crippen LogP contribution in [0.25, 0.3) is 44.1 Å². The van der Waals surface area contributed by atoms with E-state index in [1.54, 1.807) is 24.8 Å². The van der Waals surface area contributed by atoms with Gasteiger partial charge in [0, 0.05) is 89.0 Å². The molecule has 4 N–H and O–H groups in total. The first-order chi connectivity index (χ1) is 21.7. The molecule has 2 amide bonds. The molecule has 45 heavy (non-hydrogen) atoms. The van der Waals surface area contributed by atoms with Crippen molar-refractivity contribution in [3.05, 3.63) is 88.7 Å². The van der Waals surface area contributed by atoms with Crippen molar-refractivity contribution in [2.24, 2.45) is 0 Å². The van der Waals surface area contributed by atoms with Crippen LogP contribution in [0.15, 0.2) is 55.4 Å². The third-order valence-corrected chi connectivity index (χ3v) is 8.49. The molecule has 0 saturated heterocycles. The van der Waals surface area contributed by atoms with Crippen LogP contribution in [0.2, 0.25) is 5.02 Å². The topological polar surface area (TPSA) is 146 Å². The summed E-state index contributed by atoms with van der Waals surface area (Å²) < 4.78 is 18.1. The summed E-state index contributed by atoms with van der Waals surface area (Å²) >= 11 is 6.30. The molecule has 0 saturated carbocycles. The number of benzene rings is 2. The molecule has 13 heteroatoms. The van der Waals surface area contributed by atoms with E-state index in [2.05, 4.69) is 30.6 Å². The van der Waals surface area contributed by atoms with Crippen LogP contribution in [-0.4, -0.2) is 54.0 Å². The van der Waals surface area contributed by atoms with Crippen LogP contribution < -0.4 is 16.4 Å². The van der Waals surface area contributed by atoms with Crippen molar-refractivity contribution in [2.75, 3.05) is 18.8 Å². The largest absolute Gasteiger partial charge is 0.368 e. The van der Waals surface area contributed by atoms with Gasteiger partial charge in [0.2, 0.25) is 5.95 Å². The van der Waals surface area contributed by atoms with E-state index in [9.17, 15) is 14.0 Å². The highest BCUT2D eigenvalue weighted by Crippen LogP contribution is 2.38. The number of anilines is 1. The fourth-order valence-electron chi connectivity index (χ4n) is 6.35. The summed E-state index contributed by atoms with van der Waals surface area (Å²) in [5.74, 6) is -0.284. The first kappa shape index (κ1) is 28.4. The second kappa shape index (κ2) is 11.0. The lowest BCUT2D eigenvalue weighted by molar-refractivity contribution is 0.0920. The predicted octanol–water partition coefficient (Wildman–Crippen LogP) is 4.67. The summed E-state index contributed by atoms with van der Waals surface area (Å²) in [6.07, 6.45) is 8.09. The number of hydrogen-bond acceptors (Lipinski definition) is 7. The van der Waals surface area contributed by atoms with Crippen LogP contribution >= 0.6 is 11.6 Å². The average Bonchev–Trinajstić information content (AvgIpc) is 3.49. The Hall–Kier alpha value is -5.36. The average molecular weight is 624 g/mol. The minimum Gasteiger partial charge on any atom is -0.368 e. The highest BCUT2D eigenvalue weighted by atomic mass is 35.5. The van der Waals surface area contributed by atoms with Crippen LogP contribution in [0.3, 0.4) is 0 Å². The molecule has 0 atom stereocenters. The summed E-state index contributed by atoms with van der Waals surface area (Å²) in [4.78, 5) is 40.5. The molecule has 6 heterocycles. The third-order valence-electron chi connectivity index (χ3n) is 8.27. The van der Waals surface area contributed by atoms with Crippen LogP contribution in [-0.2, 0) is 13.1 Å². The highest BCUT2D eigenvalue weighted by molar-refractivity contribution is 6.32. The van der Waals surface area contributed by atoms with Gasteiger partial charge in [-0.2, -0.15) is 0 Å². The maximum Gasteiger partial charge on any atom is 0.268 e. The summed E-state index contributed by atoms with van der Waals surface area (Å²) in [5, 5.41) is 8.05. The van der Waals surface area contributed by atoms with Crippen molar-refractivity contribution in [3.8, 4) is 22.3 Å². The van der Waals surface area contributed by atoms with E-state index in [0.717, 1.165) is 56.2 Å². The number of carbonyl (C=O) groups is 2. The summed E-state index contributed by atoms with van der Waals surface area (Å²) in [7, 11) is 0. The minimum atomic E-state index is -0.335. The maximum absolute atomic E-state index is 14.1. The standard InChI is InChI=1S/C16H14ClN5O.C16H13FN4O/c1-8-11-4-10(17)5-12(9-6-20-16(18)21-7-9)14(11)22-3-2-19-15(23)13(8)22;1-9-12-4-11(17)5-13(10-6-18-8-19-7-10)15(12)21-3-2-20-16(22)14(9)21/h4-7H,2-3H2,1H3,(H,19,23)(H2,18,20,21);4-8H,2-3H2,1H3,(H,20,22). The number of nitrogens with two attached hydrogens (primary N) is 1. The number of aryl methyl sites for hydroxylation is 2. The second-order valence-corrected chi connectivity index (χ2v) is 11.4. The van der Waals surface area contributed by atoms with E-state index in [4.69, 9.17) is 17.3 Å². The number of hydrogen-bond donors (Lipinski definition) is 3. The van der Waals surface area contributed by atoms with E-state index < -0.39 is 0 Å². The molecule has 4 aromatic heterocycles. The van der Waals surface area contributed by atoms with Crippen molar-refractivity contribution in [1.82, 2.24) is 39.7 Å². The molecule has 0 unspecified atom stereocenters. The smallest absolute Gasteiger partial charge is 0.268 e. The van der Waals surface area contributed by atoms with Gasteiger partial charge in [-0.05, 0) is 49.2 Å². The Morgan fingerprint density at radius 2 is 1.29 bits per heavy atom. The van der Waals surface area contributed by atoms with Gasteiger partial charge >= 0.3 is 0 Å². The summed E-state index contributed by atoms with van der Waals surface area (Å²) in [5.41, 5.74) is 13.6. The molecule has 0 aliphatic carbocycles. The minimum absolute atomic E-state index is 0.0550. The number of nitrogen functional groups attached to an aromatic ring is 1. The molecular formula is C32H27ClFN9O2. The molecule has 0 spiro atoms. The van der Waals surface area contributed by atoms with Gasteiger partial charge in [0.25, 0.3) is 11.8 Å². The Labute approximate surface area is 261 Å². The van der Waals surface area contributed by atoms with Gasteiger partial charge in [-0.3, -0.25) is 9.59 Å². The number of carbonyl (C=O) groups excluding carboxylic acids is 2. The van der Waals surface area contributed by atoms with Crippen molar-refractivity contribution in [2.45, 2.75) is 26.9 Å². The van der Waals surface area contributed by atoms with Crippen LogP contribution in [0.4, 0.5) is 10.3 Å². The molecule has 226 valence electrons. The summed E-state index contributed by atoms with van der Waals surface area (Å²) in [6.45, 7) is 6.35. The van der Waals surface area contributed by atoms with Crippen LogP contribution in [0.5, 0.6) is 0 Å². The fourth-order valence-corrected chi connectivity index (χ4v) is 6.57. The number of fused-ring (bicyclic) bond motifs is 6. The van der Waals surface area contributed by atoms with E-state index in [0.29, 0.717) is 41.6 Å². The highest BCUT2D eigenvalue weighted by Gasteiger charge is 2.27. The van der Waals surface area contributed by atoms with Crippen molar-refractivity contribution >= 4 is 51.2 Å². The van der Waals surface area contributed by atoms with Crippen molar-refractivity contribution in [3.63, 3.8) is 0 Å². The second-order valence-electron chi connectivity index (χ2n) is 10.9. The molecule has 6 aromatic rings. The van der Waals surface area contributed by atoms with Gasteiger partial charge in [0.05, 0.1) is 11.0 Å². The number of amides is 2. The predicted molar refractivity (Wildman–Crippen MR) is 169 cm³/mol. The number of nitrogens with zero attached hydrogens (tertiary/aromatic N) is 6. The van der Waals surface area contributed by atoms with Crippen LogP contribution in [0, 0.1) is 19.7 Å². The Balaban J connectivity index is 0.000000145. The third kappa shape index (κ3) is 4.74. The van der Waals surface area contributed by atoms with Gasteiger partial charge in [0.1, 0.15) is 23.5 Å². The molecule has 0 fully saturated rings. The SMILES string of the molecule is Cc1c2n(c3c(-c4cnc(N)nc4)cc(Cl)cc13)CCNC2=O.Cc1c2n(c3c(-c4cncnc4)cc(F)cc13)CCNC2=O. The molecule has 0 radical (unpaired) electrons. The van der Waals surface area contributed by atoms with Crippen molar-refractivity contribution in [1.29, 1.82) is 0 Å². The number of halogens is 2. The lowest BCUT2D eigenvalue weighted by atomic mass is 10.0. The zero-order chi connectivity index (χ0) is 31.4. The zero-order valence-electron chi connectivity index (χ0n) is 24.4. The van der Waals surface area contributed by atoms with E-state index in [1.165, 1.54) is 18.5 Å². The molecule has 11 nitrogen and oxygen atoms in total. The van der Waals surface area contributed by atoms with E-state index in [1.807, 2.05) is 35.1 Å². The van der Waals surface area contributed by atoms with E-state index in [-0.39, 0.29) is 23.6 Å². The first-order valence-corrected chi connectivity index (χ1v) is 14.6. The van der Waals surface area contributed by atoms with Gasteiger partial charge < -0.3 is 25.5 Å². The monoisotopic (exact) mass is 623 g/mol. The molecular weight excluding hydrogens is 597 g/mol. The molecule has 8 rings (SSSR count). The van der Waals surface area contributed by atoms with Gasteiger partial charge in [-0.25, -0.2) is 24.3 Å². The van der Waals surface area contributed by atoms with Gasteiger partial charge in [-0.15, -0.1) is 0 Å². The zero-order valence-corrected chi connectivity index (χ0v) is 25.1. The summed E-state index contributed by atoms with van der Waals surface area (Å²) in [6, 6.07) is 6.72. The van der Waals surface area contributed by atoms with Crippen LogP contribution in [0.1, 0.15) is 32.1 Å². The quantitative estimate of drug-likeness (QED) is 0.254. The van der Waals surface area contributed by atoms with E-state index >= 15 is 0 Å². The number of rotatable bonds is 2. The molecule has 0 bridgehead atoms. The lowest BCUT2D eigenvalue weighted by Crippen LogP contribution is -2.35. The first-order valence-electron chi connectivity index (χ1n) is 14.3. The Kier molecular flexibility index (Phi) is 6.93. The normalized spacial score (nSPS) is 14.0. The Bertz CT molecular complexity index is 2160. The number of aromatic nitrogens is 6. The molecule has 2 aliphatic heterocycles. The van der Waals surface area contributed by atoms with Gasteiger partial charge in [-0.1, -0.05) is 11.6 Å². The number of nitrogens with one attached hydrogen (secondary N) is 2. The fraction of sp³-hybridized carbons (Fsp3) is 0.188. The molecule has 2 aliphatic rings.